The van der Waals surface area contributed by atoms with Crippen molar-refractivity contribution in [1.82, 2.24) is 4.90 Å². The molecule has 1 aliphatic rings. The molecule has 0 bridgehead atoms. The van der Waals surface area contributed by atoms with Crippen molar-refractivity contribution in [1.29, 1.82) is 0 Å². The van der Waals surface area contributed by atoms with Crippen molar-refractivity contribution in [3.05, 3.63) is 0 Å². The van der Waals surface area contributed by atoms with Gasteiger partial charge in [-0.25, -0.2) is 0 Å². The fourth-order valence-electron chi connectivity index (χ4n) is 2.21. The van der Waals surface area contributed by atoms with Crippen molar-refractivity contribution < 1.29 is 27.9 Å². The molecule has 0 aromatic rings. The maximum absolute atomic E-state index is 12.9. The average molecular weight is 282 g/mol. The Morgan fingerprint density at radius 3 is 2.42 bits per heavy atom. The molecule has 5 nitrogen and oxygen atoms in total. The smallest absolute Gasteiger partial charge is 0.406 e. The van der Waals surface area contributed by atoms with E-state index in [4.69, 9.17) is 10.8 Å². The molecule has 19 heavy (non-hydrogen) atoms. The zero-order chi connectivity index (χ0) is 14.8. The summed E-state index contributed by atoms with van der Waals surface area (Å²) in [6.45, 7) is 0.812. The number of carbonyl (C=O) groups is 2. The third-order valence-electron chi connectivity index (χ3n) is 3.55. The summed E-state index contributed by atoms with van der Waals surface area (Å²) in [4.78, 5) is 23.8. The van der Waals surface area contributed by atoms with E-state index in [0.717, 1.165) is 4.90 Å². The molecule has 2 atom stereocenters. The van der Waals surface area contributed by atoms with Gasteiger partial charge in [0.2, 0.25) is 5.91 Å². The summed E-state index contributed by atoms with van der Waals surface area (Å²) in [6.07, 6.45) is -5.11. The number of rotatable bonds is 4. The fourth-order valence-corrected chi connectivity index (χ4v) is 2.21. The lowest BCUT2D eigenvalue weighted by Gasteiger charge is -2.28. The van der Waals surface area contributed by atoms with E-state index in [9.17, 15) is 22.8 Å². The Labute approximate surface area is 108 Å². The van der Waals surface area contributed by atoms with Crippen molar-refractivity contribution in [2.45, 2.75) is 25.9 Å². The molecule has 1 rings (SSSR count). The van der Waals surface area contributed by atoms with E-state index in [1.54, 1.807) is 6.92 Å². The van der Waals surface area contributed by atoms with Crippen LogP contribution < -0.4 is 5.73 Å². The lowest BCUT2D eigenvalue weighted by atomic mass is 9.86. The maximum Gasteiger partial charge on any atom is 0.406 e. The van der Waals surface area contributed by atoms with Crippen LogP contribution in [0, 0.1) is 11.3 Å². The van der Waals surface area contributed by atoms with Gasteiger partial charge in [0.25, 0.3) is 0 Å². The second-order valence-electron chi connectivity index (χ2n) is 4.87. The lowest BCUT2D eigenvalue weighted by Crippen LogP contribution is -2.48. The van der Waals surface area contributed by atoms with Crippen LogP contribution in [0.4, 0.5) is 13.2 Å². The van der Waals surface area contributed by atoms with Crippen LogP contribution in [-0.4, -0.2) is 47.7 Å². The molecule has 1 fully saturated rings. The molecular formula is C11H17F3N2O3. The average Bonchev–Trinajstić information content (AvgIpc) is 2.73. The largest absolute Gasteiger partial charge is 0.481 e. The topological polar surface area (TPSA) is 83.6 Å². The molecule has 1 heterocycles. The normalized spacial score (nSPS) is 25.4. The highest BCUT2D eigenvalue weighted by Gasteiger charge is 2.64. The summed E-state index contributed by atoms with van der Waals surface area (Å²) in [5.74, 6) is -2.90. The summed E-state index contributed by atoms with van der Waals surface area (Å²) in [6, 6.07) is 0. The van der Waals surface area contributed by atoms with Crippen LogP contribution in [0.1, 0.15) is 19.8 Å². The molecule has 1 aliphatic heterocycles. The predicted molar refractivity (Wildman–Crippen MR) is 60.2 cm³/mol. The second-order valence-corrected chi connectivity index (χ2v) is 4.87. The van der Waals surface area contributed by atoms with E-state index in [0.29, 0.717) is 6.42 Å². The molecule has 8 heteroatoms. The van der Waals surface area contributed by atoms with Crippen molar-refractivity contribution in [2.24, 2.45) is 17.1 Å². The molecule has 110 valence electrons. The molecule has 0 aromatic heterocycles. The first kappa shape index (κ1) is 15.7. The number of nitrogens with zero attached hydrogens (tertiary/aromatic N) is 1. The van der Waals surface area contributed by atoms with Crippen molar-refractivity contribution in [3.63, 3.8) is 0 Å². The minimum Gasteiger partial charge on any atom is -0.481 e. The van der Waals surface area contributed by atoms with Crippen molar-refractivity contribution in [2.75, 3.05) is 19.6 Å². The molecule has 0 aliphatic carbocycles. The SMILES string of the molecule is CC(CCN)C(=O)N1CCC(C(=O)O)(C(F)(F)F)C1. The van der Waals surface area contributed by atoms with Gasteiger partial charge in [-0.05, 0) is 19.4 Å². The monoisotopic (exact) mass is 282 g/mol. The van der Waals surface area contributed by atoms with Crippen molar-refractivity contribution in [3.8, 4) is 0 Å². The van der Waals surface area contributed by atoms with Gasteiger partial charge in [0, 0.05) is 19.0 Å². The summed E-state index contributed by atoms with van der Waals surface area (Å²) in [5, 5.41) is 8.86. The molecule has 0 saturated carbocycles. The minimum atomic E-state index is -4.87. The van der Waals surface area contributed by atoms with Crippen molar-refractivity contribution >= 4 is 11.9 Å². The van der Waals surface area contributed by atoms with E-state index in [2.05, 4.69) is 0 Å². The summed E-state index contributed by atoms with van der Waals surface area (Å²) in [7, 11) is 0. The van der Waals surface area contributed by atoms with E-state index >= 15 is 0 Å². The molecule has 1 amide bonds. The number of carbonyl (C=O) groups excluding carboxylic acids is 1. The van der Waals surface area contributed by atoms with Crippen LogP contribution >= 0.6 is 0 Å². The predicted octanol–water partition coefficient (Wildman–Crippen LogP) is 0.837. The Hall–Kier alpha value is -1.31. The van der Waals surface area contributed by atoms with Gasteiger partial charge in [-0.2, -0.15) is 13.2 Å². The van der Waals surface area contributed by atoms with Crippen LogP contribution in [-0.2, 0) is 9.59 Å². The number of carboxylic acid groups (broad SMARTS) is 1. The maximum atomic E-state index is 12.9. The summed E-state index contributed by atoms with van der Waals surface area (Å²) < 4.78 is 38.7. The van der Waals surface area contributed by atoms with E-state index < -0.39 is 42.4 Å². The number of halogens is 3. The molecular weight excluding hydrogens is 265 g/mol. The number of carboxylic acids is 1. The lowest BCUT2D eigenvalue weighted by molar-refractivity contribution is -0.227. The van der Waals surface area contributed by atoms with Gasteiger partial charge < -0.3 is 15.7 Å². The summed E-state index contributed by atoms with van der Waals surface area (Å²) >= 11 is 0. The quantitative estimate of drug-likeness (QED) is 0.800. The van der Waals surface area contributed by atoms with Gasteiger partial charge >= 0.3 is 12.1 Å². The number of alkyl halides is 3. The van der Waals surface area contributed by atoms with Crippen LogP contribution in [0.25, 0.3) is 0 Å². The van der Waals surface area contributed by atoms with E-state index in [1.807, 2.05) is 0 Å². The number of amides is 1. The van der Waals surface area contributed by atoms with Gasteiger partial charge in [0.05, 0.1) is 0 Å². The van der Waals surface area contributed by atoms with E-state index in [1.165, 1.54) is 0 Å². The zero-order valence-electron chi connectivity index (χ0n) is 10.5. The highest BCUT2D eigenvalue weighted by Crippen LogP contribution is 2.45. The molecule has 0 radical (unpaired) electrons. The first-order valence-corrected chi connectivity index (χ1v) is 5.94. The summed E-state index contributed by atoms with van der Waals surface area (Å²) in [5.41, 5.74) is 2.45. The standard InChI is InChI=1S/C11H17F3N2O3/c1-7(2-4-15)8(17)16-5-3-10(6-16,9(18)19)11(12,13)14/h7H,2-6,15H2,1H3,(H,18,19). The Morgan fingerprint density at radius 2 is 2.05 bits per heavy atom. The van der Waals surface area contributed by atoms with Gasteiger partial charge in [0.15, 0.2) is 5.41 Å². The van der Waals surface area contributed by atoms with Crippen LogP contribution in [0.5, 0.6) is 0 Å². The van der Waals surface area contributed by atoms with Crippen LogP contribution in [0.3, 0.4) is 0 Å². The molecule has 0 spiro atoms. The number of nitrogens with two attached hydrogens (primary N) is 1. The third kappa shape index (κ3) is 2.83. The number of hydrogen-bond acceptors (Lipinski definition) is 3. The Balaban J connectivity index is 2.86. The highest BCUT2D eigenvalue weighted by atomic mass is 19.4. The molecule has 3 N–H and O–H groups in total. The Kier molecular flexibility index (Phi) is 4.44. The number of likely N-dealkylation sites (tertiary alicyclic amines) is 1. The first-order valence-electron chi connectivity index (χ1n) is 5.94. The Morgan fingerprint density at radius 1 is 1.47 bits per heavy atom. The number of aliphatic carboxylic acids is 1. The minimum absolute atomic E-state index is 0.195. The zero-order valence-corrected chi connectivity index (χ0v) is 10.5. The van der Waals surface area contributed by atoms with Gasteiger partial charge in [-0.15, -0.1) is 0 Å². The van der Waals surface area contributed by atoms with E-state index in [-0.39, 0.29) is 13.1 Å². The fraction of sp³-hybridized carbons (Fsp3) is 0.818. The molecule has 0 aromatic carbocycles. The molecule has 2 unspecified atom stereocenters. The first-order chi connectivity index (χ1) is 8.65. The van der Waals surface area contributed by atoms with Crippen LogP contribution in [0.2, 0.25) is 0 Å². The van der Waals surface area contributed by atoms with Gasteiger partial charge in [-0.3, -0.25) is 9.59 Å². The highest BCUT2D eigenvalue weighted by molar-refractivity contribution is 5.82. The van der Waals surface area contributed by atoms with Gasteiger partial charge in [0.1, 0.15) is 0 Å². The van der Waals surface area contributed by atoms with Gasteiger partial charge in [-0.1, -0.05) is 6.92 Å². The molecule has 1 saturated heterocycles. The Bertz CT molecular complexity index is 373. The van der Waals surface area contributed by atoms with Crippen LogP contribution in [0.15, 0.2) is 0 Å². The third-order valence-corrected chi connectivity index (χ3v) is 3.55. The second kappa shape index (κ2) is 5.36. The number of hydrogen-bond donors (Lipinski definition) is 2.